The lowest BCUT2D eigenvalue weighted by atomic mass is 9.47. The number of ketones is 3. The minimum absolute atomic E-state index is 0. The molecule has 5 heteroatoms. The minimum Gasteiger partial charge on any atom is -0.393 e. The molecule has 0 aromatic carbocycles. The molecule has 0 aliphatic heterocycles. The summed E-state index contributed by atoms with van der Waals surface area (Å²) in [6.07, 6.45) is 56.0. The predicted molar refractivity (Wildman–Crippen MR) is 343 cm³/mol. The molecule has 82 heavy (non-hydrogen) atoms. The number of carbonyl (C=O) groups is 3. The molecule has 5 nitrogen and oxygen atoms in total. The molecule has 14 aliphatic carbocycles. The smallest absolute Gasteiger partial charge is 0.155 e. The molecule has 0 aromatic rings. The zero-order chi connectivity index (χ0) is 56.9. The van der Waals surface area contributed by atoms with Crippen LogP contribution in [0.1, 0.15) is 282 Å². The van der Waals surface area contributed by atoms with E-state index >= 15 is 0 Å². The van der Waals surface area contributed by atoms with Gasteiger partial charge < -0.3 is 10.2 Å². The lowest BCUT2D eigenvalue weighted by Crippen LogP contribution is -2.50. The van der Waals surface area contributed by atoms with Crippen molar-refractivity contribution in [1.29, 1.82) is 0 Å². The maximum atomic E-state index is 11.8. The minimum atomic E-state index is -0.0821. The molecule has 14 aliphatic rings. The normalized spacial score (nSPS) is 44.6. The van der Waals surface area contributed by atoms with Crippen LogP contribution in [0.5, 0.6) is 0 Å². The van der Waals surface area contributed by atoms with Crippen LogP contribution in [0.25, 0.3) is 0 Å². The molecule has 17 atom stereocenters. The van der Waals surface area contributed by atoms with E-state index in [1.165, 1.54) is 176 Å². The van der Waals surface area contributed by atoms with Gasteiger partial charge in [0.1, 0.15) is 0 Å². The van der Waals surface area contributed by atoms with E-state index in [0.29, 0.717) is 55.3 Å². The fourth-order valence-electron chi connectivity index (χ4n) is 21.7. The number of aliphatic hydroxyl groups is 2. The third-order valence-electron chi connectivity index (χ3n) is 27.3. The maximum Gasteiger partial charge on any atom is 0.155 e. The van der Waals surface area contributed by atoms with Gasteiger partial charge in [-0.3, -0.25) is 14.4 Å². The standard InChI is InChI=1S/C21H32O.C21H30O.C11H18O.2C11H16O.2CH4/c2*1-4-14-6-8-18-17-7-5-15-13-16(22)9-11-21(15,3)19(17)10-12-20(14,18)2;3*1-11-6-3-2-4-9(11)8-10(12)5-7-11;;/h4-5,14,16-19,22H,1,6-13H2,2-3H3;4,13-14,17-19H,1,5-12H2,2-3H3;4,10,12H,2-3,5-8H2,1H3;2*8H,2-7H2,1H3;2*1H4/t14-,16-,17?,18?,19?,20+,21-;14-,17?,18?,19?,20+,21-;10-,11-;2*11-;;/m00000../s1. The van der Waals surface area contributed by atoms with Crippen molar-refractivity contribution < 1.29 is 24.6 Å². The first kappa shape index (κ1) is 65.1. The van der Waals surface area contributed by atoms with Gasteiger partial charge in [0, 0.05) is 19.3 Å². The summed E-state index contributed by atoms with van der Waals surface area (Å²) in [6.45, 7) is 25.4. The average molecular weight is 1130 g/mol. The molecule has 6 unspecified atom stereocenters. The largest absolute Gasteiger partial charge is 0.393 e. The monoisotopic (exact) mass is 1120 g/mol. The third-order valence-corrected chi connectivity index (χ3v) is 27.3. The van der Waals surface area contributed by atoms with E-state index in [1.807, 2.05) is 18.2 Å². The molecular formula is C77H120O5. The van der Waals surface area contributed by atoms with E-state index in [1.54, 1.807) is 5.57 Å². The summed E-state index contributed by atoms with van der Waals surface area (Å²) in [4.78, 5) is 34.2. The van der Waals surface area contributed by atoms with Gasteiger partial charge in [-0.2, -0.15) is 0 Å². The lowest BCUT2D eigenvalue weighted by molar-refractivity contribution is -0.117. The highest BCUT2D eigenvalue weighted by molar-refractivity contribution is 5.92. The molecule has 14 rings (SSSR count). The molecule has 0 amide bonds. The van der Waals surface area contributed by atoms with Gasteiger partial charge in [-0.15, -0.1) is 13.2 Å². The van der Waals surface area contributed by atoms with E-state index in [9.17, 15) is 24.6 Å². The van der Waals surface area contributed by atoms with Crippen LogP contribution in [-0.4, -0.2) is 39.8 Å². The zero-order valence-electron chi connectivity index (χ0n) is 51.9. The molecule has 0 radical (unpaired) electrons. The Hall–Kier alpha value is -2.89. The SMILES string of the molecule is C.C.C=C[C@H]1CCC2C3CC=C4C[C@@H](O)CC[C@]4(C)C3CC[C@@]21C.C=C[C@H]1CCC2C3CCC4=CC(=O)CC[C@]4(C)C3CC[C@@]21C.C[C@@]12CCCC=C1C[C@@H](O)CC2.C[C@@]12CCCCC1=CC(=O)CC2.C[C@@]12CCCCC1=CC(=O)CC2. The summed E-state index contributed by atoms with van der Waals surface area (Å²) in [5.41, 5.74) is 10.5. The lowest BCUT2D eigenvalue weighted by Gasteiger charge is -2.58. The molecule has 9 fully saturated rings. The Morgan fingerprint density at radius 2 is 0.878 bits per heavy atom. The van der Waals surface area contributed by atoms with E-state index in [4.69, 9.17) is 0 Å². The van der Waals surface area contributed by atoms with Gasteiger partial charge in [0.15, 0.2) is 17.3 Å². The van der Waals surface area contributed by atoms with Crippen LogP contribution in [0.15, 0.2) is 83.6 Å². The quantitative estimate of drug-likeness (QED) is 0.269. The summed E-state index contributed by atoms with van der Waals surface area (Å²) in [6, 6.07) is 0. The summed E-state index contributed by atoms with van der Waals surface area (Å²) in [7, 11) is 0. The van der Waals surface area contributed by atoms with E-state index < -0.39 is 0 Å². The van der Waals surface area contributed by atoms with E-state index in [0.717, 1.165) is 112 Å². The molecule has 0 bridgehead atoms. The molecule has 0 heterocycles. The Bertz CT molecular complexity index is 2450. The Morgan fingerprint density at radius 3 is 1.44 bits per heavy atom. The van der Waals surface area contributed by atoms with Gasteiger partial charge >= 0.3 is 0 Å². The molecule has 0 spiro atoms. The van der Waals surface area contributed by atoms with Crippen LogP contribution in [0.3, 0.4) is 0 Å². The Morgan fingerprint density at radius 1 is 0.415 bits per heavy atom. The average Bonchev–Trinajstić information content (AvgIpc) is 4.17. The zero-order valence-corrected chi connectivity index (χ0v) is 51.9. The van der Waals surface area contributed by atoms with Gasteiger partial charge in [0.25, 0.3) is 0 Å². The molecule has 458 valence electrons. The van der Waals surface area contributed by atoms with Gasteiger partial charge in [0.2, 0.25) is 0 Å². The number of aliphatic hydroxyl groups excluding tert-OH is 2. The van der Waals surface area contributed by atoms with Crippen LogP contribution in [0.4, 0.5) is 0 Å². The van der Waals surface area contributed by atoms with Gasteiger partial charge in [-0.1, -0.05) is 128 Å². The van der Waals surface area contributed by atoms with Gasteiger partial charge in [-0.05, 0) is 290 Å². The predicted octanol–water partition coefficient (Wildman–Crippen LogP) is 20.1. The second kappa shape index (κ2) is 25.8. The molecule has 0 aromatic heterocycles. The number of carbonyl (C=O) groups excluding carboxylic acids is 3. The highest BCUT2D eigenvalue weighted by atomic mass is 16.3. The number of hydrogen-bond acceptors (Lipinski definition) is 5. The van der Waals surface area contributed by atoms with Gasteiger partial charge in [0.05, 0.1) is 12.2 Å². The van der Waals surface area contributed by atoms with E-state index in [2.05, 4.69) is 85.9 Å². The van der Waals surface area contributed by atoms with Crippen molar-refractivity contribution in [3.8, 4) is 0 Å². The second-order valence-electron chi connectivity index (χ2n) is 31.4. The van der Waals surface area contributed by atoms with Crippen LogP contribution < -0.4 is 0 Å². The maximum absolute atomic E-state index is 11.8. The highest BCUT2D eigenvalue weighted by Gasteiger charge is 2.60. The molecule has 0 saturated heterocycles. The third kappa shape index (κ3) is 12.5. The topological polar surface area (TPSA) is 91.7 Å². The van der Waals surface area contributed by atoms with Crippen molar-refractivity contribution in [3.63, 3.8) is 0 Å². The molecular weight excluding hydrogens is 1000 g/mol. The molecule has 2 N–H and O–H groups in total. The Kier molecular flexibility index (Phi) is 20.5. The molecule has 9 saturated carbocycles. The van der Waals surface area contributed by atoms with E-state index in [-0.39, 0.29) is 27.1 Å². The van der Waals surface area contributed by atoms with Crippen molar-refractivity contribution in [1.82, 2.24) is 0 Å². The van der Waals surface area contributed by atoms with Crippen molar-refractivity contribution in [3.05, 3.63) is 83.6 Å². The summed E-state index contributed by atoms with van der Waals surface area (Å²) < 4.78 is 0. The van der Waals surface area contributed by atoms with Crippen molar-refractivity contribution in [2.45, 2.75) is 294 Å². The van der Waals surface area contributed by atoms with Crippen LogP contribution >= 0.6 is 0 Å². The first-order chi connectivity index (χ1) is 38.1. The van der Waals surface area contributed by atoms with Crippen molar-refractivity contribution >= 4 is 17.3 Å². The van der Waals surface area contributed by atoms with Gasteiger partial charge in [-0.25, -0.2) is 0 Å². The number of fused-ring (bicyclic) bond motifs is 13. The highest BCUT2D eigenvalue weighted by Crippen LogP contribution is 2.68. The first-order valence-corrected chi connectivity index (χ1v) is 33.8. The summed E-state index contributed by atoms with van der Waals surface area (Å²) in [5, 5.41) is 19.6. The van der Waals surface area contributed by atoms with Crippen molar-refractivity contribution in [2.75, 3.05) is 0 Å². The number of rotatable bonds is 2. The second-order valence-corrected chi connectivity index (χ2v) is 31.4. The van der Waals surface area contributed by atoms with Crippen LogP contribution in [0.2, 0.25) is 0 Å². The Labute approximate surface area is 502 Å². The van der Waals surface area contributed by atoms with Crippen molar-refractivity contribution in [2.24, 2.45) is 85.2 Å². The van der Waals surface area contributed by atoms with Crippen LogP contribution in [0, 0.1) is 85.2 Å². The number of allylic oxidation sites excluding steroid dienone is 9. The fraction of sp³-hybridized carbons (Fsp3) is 0.779. The summed E-state index contributed by atoms with van der Waals surface area (Å²) >= 11 is 0. The fourth-order valence-corrected chi connectivity index (χ4v) is 21.7. The van der Waals surface area contributed by atoms with Crippen LogP contribution in [-0.2, 0) is 14.4 Å². The number of hydrogen-bond donors (Lipinski definition) is 2. The Balaban J connectivity index is 0.000000138. The summed E-state index contributed by atoms with van der Waals surface area (Å²) in [5.74, 6) is 7.80. The first-order valence-electron chi connectivity index (χ1n) is 33.8.